The highest BCUT2D eigenvalue weighted by molar-refractivity contribution is 5.86. The predicted octanol–water partition coefficient (Wildman–Crippen LogP) is 2.18. The van der Waals surface area contributed by atoms with Gasteiger partial charge in [-0.25, -0.2) is 0 Å². The Morgan fingerprint density at radius 3 is 2.57 bits per heavy atom. The molecule has 0 saturated heterocycles. The average Bonchev–Trinajstić information content (AvgIpc) is 3.26. The van der Waals surface area contributed by atoms with E-state index in [1.807, 2.05) is 30.3 Å². The number of amides is 1. The van der Waals surface area contributed by atoms with E-state index in [2.05, 4.69) is 19.2 Å². The first-order chi connectivity index (χ1) is 10.0. The van der Waals surface area contributed by atoms with Crippen LogP contribution in [0.2, 0.25) is 0 Å². The van der Waals surface area contributed by atoms with E-state index in [-0.39, 0.29) is 5.91 Å². The van der Waals surface area contributed by atoms with E-state index in [4.69, 9.17) is 10.5 Å². The summed E-state index contributed by atoms with van der Waals surface area (Å²) in [6.45, 7) is 5.45. The van der Waals surface area contributed by atoms with Gasteiger partial charge in [-0.05, 0) is 24.3 Å². The second-order valence-electron chi connectivity index (χ2n) is 6.27. The Morgan fingerprint density at radius 2 is 2.05 bits per heavy atom. The van der Waals surface area contributed by atoms with Gasteiger partial charge in [0.1, 0.15) is 5.54 Å². The number of hydrogen-bond donors (Lipinski definition) is 2. The average molecular weight is 290 g/mol. The van der Waals surface area contributed by atoms with Gasteiger partial charge >= 0.3 is 0 Å². The molecule has 1 amide bonds. The van der Waals surface area contributed by atoms with Crippen molar-refractivity contribution in [2.45, 2.75) is 44.7 Å². The van der Waals surface area contributed by atoms with Crippen LogP contribution in [0.3, 0.4) is 0 Å². The smallest absolute Gasteiger partial charge is 0.242 e. The molecule has 1 atom stereocenters. The fraction of sp³-hybridized carbons (Fsp3) is 0.588. The number of primary amides is 1. The number of rotatable bonds is 9. The molecule has 1 saturated carbocycles. The Labute approximate surface area is 127 Å². The molecule has 1 aliphatic carbocycles. The Hall–Kier alpha value is -1.39. The summed E-state index contributed by atoms with van der Waals surface area (Å²) in [7, 11) is 0. The van der Waals surface area contributed by atoms with Gasteiger partial charge in [0.25, 0.3) is 0 Å². The van der Waals surface area contributed by atoms with E-state index >= 15 is 0 Å². The molecule has 1 aromatic carbocycles. The molecule has 4 nitrogen and oxygen atoms in total. The summed E-state index contributed by atoms with van der Waals surface area (Å²) in [5.74, 6) is 0.162. The molecule has 1 unspecified atom stereocenters. The van der Waals surface area contributed by atoms with Crippen LogP contribution in [0, 0.1) is 5.92 Å². The molecule has 1 fully saturated rings. The second kappa shape index (κ2) is 7.05. The van der Waals surface area contributed by atoms with Crippen LogP contribution in [-0.2, 0) is 15.1 Å². The highest BCUT2D eigenvalue weighted by Gasteiger charge is 2.42. The number of ether oxygens (including phenoxy) is 1. The normalized spacial score (nSPS) is 17.7. The molecule has 116 valence electrons. The predicted molar refractivity (Wildman–Crippen MR) is 83.7 cm³/mol. The van der Waals surface area contributed by atoms with Crippen LogP contribution < -0.4 is 11.1 Å². The first-order valence-corrected chi connectivity index (χ1v) is 7.75. The maximum Gasteiger partial charge on any atom is 0.242 e. The van der Waals surface area contributed by atoms with Gasteiger partial charge in [-0.3, -0.25) is 10.1 Å². The van der Waals surface area contributed by atoms with Crippen LogP contribution in [0.1, 0.15) is 38.7 Å². The molecule has 4 heteroatoms. The SMILES string of the molecule is CC(C)COCCC(NC1CC1)(C(N)=O)c1ccccc1. The molecule has 1 aromatic rings. The molecule has 0 aliphatic heterocycles. The summed E-state index contributed by atoms with van der Waals surface area (Å²) in [4.78, 5) is 12.2. The third-order valence-corrected chi connectivity index (χ3v) is 3.79. The lowest BCUT2D eigenvalue weighted by atomic mass is 9.85. The lowest BCUT2D eigenvalue weighted by Crippen LogP contribution is -2.54. The quantitative estimate of drug-likeness (QED) is 0.685. The van der Waals surface area contributed by atoms with E-state index < -0.39 is 5.54 Å². The summed E-state index contributed by atoms with van der Waals surface area (Å²) in [6.07, 6.45) is 2.78. The van der Waals surface area contributed by atoms with E-state index in [0.29, 0.717) is 31.6 Å². The van der Waals surface area contributed by atoms with Crippen molar-refractivity contribution >= 4 is 5.91 Å². The Bertz CT molecular complexity index is 457. The van der Waals surface area contributed by atoms with Gasteiger partial charge in [-0.15, -0.1) is 0 Å². The second-order valence-corrected chi connectivity index (χ2v) is 6.27. The topological polar surface area (TPSA) is 64.3 Å². The molecular weight excluding hydrogens is 264 g/mol. The number of carbonyl (C=O) groups excluding carboxylic acids is 1. The molecule has 0 spiro atoms. The van der Waals surface area contributed by atoms with Crippen LogP contribution in [0.4, 0.5) is 0 Å². The monoisotopic (exact) mass is 290 g/mol. The summed E-state index contributed by atoms with van der Waals surface area (Å²) < 4.78 is 5.68. The van der Waals surface area contributed by atoms with Gasteiger partial charge < -0.3 is 10.5 Å². The van der Waals surface area contributed by atoms with Crippen molar-refractivity contribution in [3.05, 3.63) is 35.9 Å². The molecule has 1 aliphatic rings. The van der Waals surface area contributed by atoms with Crippen LogP contribution in [0.15, 0.2) is 30.3 Å². The molecule has 2 rings (SSSR count). The molecular formula is C17H26N2O2. The van der Waals surface area contributed by atoms with Crippen LogP contribution in [-0.4, -0.2) is 25.2 Å². The number of nitrogens with one attached hydrogen (secondary N) is 1. The van der Waals surface area contributed by atoms with E-state index in [9.17, 15) is 4.79 Å². The molecule has 0 radical (unpaired) electrons. The summed E-state index contributed by atoms with van der Waals surface area (Å²) >= 11 is 0. The lowest BCUT2D eigenvalue weighted by molar-refractivity contribution is -0.126. The highest BCUT2D eigenvalue weighted by atomic mass is 16.5. The first kappa shape index (κ1) is 16.0. The minimum Gasteiger partial charge on any atom is -0.381 e. The molecule has 0 bridgehead atoms. The third-order valence-electron chi connectivity index (χ3n) is 3.79. The van der Waals surface area contributed by atoms with Crippen molar-refractivity contribution in [3.8, 4) is 0 Å². The van der Waals surface area contributed by atoms with Gasteiger partial charge in [0, 0.05) is 25.7 Å². The molecule has 0 aromatic heterocycles. The molecule has 21 heavy (non-hydrogen) atoms. The Morgan fingerprint density at radius 1 is 1.38 bits per heavy atom. The maximum atomic E-state index is 12.2. The van der Waals surface area contributed by atoms with E-state index in [1.165, 1.54) is 0 Å². The largest absolute Gasteiger partial charge is 0.381 e. The zero-order valence-electron chi connectivity index (χ0n) is 13.0. The minimum absolute atomic E-state index is 0.325. The summed E-state index contributed by atoms with van der Waals surface area (Å²) in [5.41, 5.74) is 5.87. The zero-order valence-corrected chi connectivity index (χ0v) is 13.0. The number of benzene rings is 1. The van der Waals surface area contributed by atoms with Crippen molar-refractivity contribution in [1.29, 1.82) is 0 Å². The van der Waals surface area contributed by atoms with Crippen molar-refractivity contribution in [3.63, 3.8) is 0 Å². The lowest BCUT2D eigenvalue weighted by Gasteiger charge is -2.32. The van der Waals surface area contributed by atoms with Crippen molar-refractivity contribution in [1.82, 2.24) is 5.32 Å². The van der Waals surface area contributed by atoms with Gasteiger partial charge in [-0.2, -0.15) is 0 Å². The highest BCUT2D eigenvalue weighted by Crippen LogP contribution is 2.31. The Balaban J connectivity index is 2.13. The van der Waals surface area contributed by atoms with Gasteiger partial charge in [0.15, 0.2) is 0 Å². The third kappa shape index (κ3) is 4.29. The van der Waals surface area contributed by atoms with Crippen LogP contribution >= 0.6 is 0 Å². The molecule has 3 N–H and O–H groups in total. The van der Waals surface area contributed by atoms with Crippen molar-refractivity contribution in [2.24, 2.45) is 11.7 Å². The Kier molecular flexibility index (Phi) is 5.37. The maximum absolute atomic E-state index is 12.2. The van der Waals surface area contributed by atoms with Gasteiger partial charge in [0.2, 0.25) is 5.91 Å². The number of hydrogen-bond acceptors (Lipinski definition) is 3. The molecule has 0 heterocycles. The fourth-order valence-electron chi connectivity index (χ4n) is 2.48. The van der Waals surface area contributed by atoms with E-state index in [0.717, 1.165) is 18.4 Å². The standard InChI is InChI=1S/C17H26N2O2/c1-13(2)12-21-11-10-17(16(18)20,19-15-8-9-15)14-6-4-3-5-7-14/h3-7,13,15,19H,8-12H2,1-2H3,(H2,18,20). The summed E-state index contributed by atoms with van der Waals surface area (Å²) in [5, 5.41) is 3.45. The minimum atomic E-state index is -0.820. The number of carbonyl (C=O) groups is 1. The van der Waals surface area contributed by atoms with Crippen LogP contribution in [0.5, 0.6) is 0 Å². The summed E-state index contributed by atoms with van der Waals surface area (Å²) in [6, 6.07) is 10.1. The van der Waals surface area contributed by atoms with E-state index in [1.54, 1.807) is 0 Å². The van der Waals surface area contributed by atoms with Gasteiger partial charge in [-0.1, -0.05) is 44.2 Å². The number of nitrogens with two attached hydrogens (primary N) is 1. The zero-order chi connectivity index (χ0) is 15.3. The van der Waals surface area contributed by atoms with Crippen molar-refractivity contribution < 1.29 is 9.53 Å². The fourth-order valence-corrected chi connectivity index (χ4v) is 2.48. The van der Waals surface area contributed by atoms with Crippen molar-refractivity contribution in [2.75, 3.05) is 13.2 Å². The first-order valence-electron chi connectivity index (χ1n) is 7.75. The van der Waals surface area contributed by atoms with Crippen LogP contribution in [0.25, 0.3) is 0 Å². The van der Waals surface area contributed by atoms with Gasteiger partial charge in [0.05, 0.1) is 0 Å².